The van der Waals surface area contributed by atoms with Crippen LogP contribution in [0.15, 0.2) is 18.5 Å². The predicted octanol–water partition coefficient (Wildman–Crippen LogP) is 2.77. The molecule has 2 heterocycles. The number of aromatic nitrogens is 2. The molecule has 1 saturated carbocycles. The van der Waals surface area contributed by atoms with Gasteiger partial charge < -0.3 is 9.67 Å². The molecule has 0 radical (unpaired) electrons. The van der Waals surface area contributed by atoms with Gasteiger partial charge in [0.2, 0.25) is 0 Å². The molecule has 2 aromatic heterocycles. The molecule has 4 nitrogen and oxygen atoms in total. The van der Waals surface area contributed by atoms with Gasteiger partial charge in [0.15, 0.2) is 0 Å². The number of carbonyl (C=O) groups is 1. The topological polar surface area (TPSA) is 55.1 Å². The molecule has 0 aliphatic heterocycles. The van der Waals surface area contributed by atoms with E-state index in [1.165, 1.54) is 6.42 Å². The molecule has 0 aromatic carbocycles. The quantitative estimate of drug-likeness (QED) is 0.863. The van der Waals surface area contributed by atoms with Crippen molar-refractivity contribution in [2.45, 2.75) is 32.2 Å². The molecule has 17 heavy (non-hydrogen) atoms. The Bertz CT molecular complexity index is 597. The van der Waals surface area contributed by atoms with Crippen LogP contribution < -0.4 is 0 Å². The van der Waals surface area contributed by atoms with E-state index in [1.54, 1.807) is 12.4 Å². The largest absolute Gasteiger partial charge is 0.478 e. The van der Waals surface area contributed by atoms with Crippen LogP contribution >= 0.6 is 0 Å². The lowest BCUT2D eigenvalue weighted by atomic mass is 9.93. The Kier molecular flexibility index (Phi) is 2.18. The smallest absolute Gasteiger partial charge is 0.337 e. The second-order valence-corrected chi connectivity index (χ2v) is 4.72. The summed E-state index contributed by atoms with van der Waals surface area (Å²) in [7, 11) is 0. The average molecular weight is 230 g/mol. The number of carboxylic acid groups (broad SMARTS) is 1. The first-order chi connectivity index (χ1) is 8.16. The number of carboxylic acids is 1. The van der Waals surface area contributed by atoms with Gasteiger partial charge in [0, 0.05) is 23.8 Å². The molecule has 0 atom stereocenters. The predicted molar refractivity (Wildman–Crippen MR) is 64.3 cm³/mol. The SMILES string of the molecule is Cc1cnc2c(c1)c(C(=O)O)cn2C1CCC1. The standard InChI is InChI=1S/C13H14N2O2/c1-8-5-10-11(13(16)17)7-15(9-3-2-4-9)12(10)14-6-8/h5-7,9H,2-4H2,1H3,(H,16,17). The lowest BCUT2D eigenvalue weighted by Gasteiger charge is -2.27. The number of hydrogen-bond acceptors (Lipinski definition) is 2. The van der Waals surface area contributed by atoms with Gasteiger partial charge in [0.25, 0.3) is 0 Å². The van der Waals surface area contributed by atoms with Crippen LogP contribution in [0.3, 0.4) is 0 Å². The second kappa shape index (κ2) is 3.58. The summed E-state index contributed by atoms with van der Waals surface area (Å²) < 4.78 is 2.03. The van der Waals surface area contributed by atoms with E-state index >= 15 is 0 Å². The fraction of sp³-hybridized carbons (Fsp3) is 0.385. The minimum atomic E-state index is -0.875. The lowest BCUT2D eigenvalue weighted by molar-refractivity contribution is 0.0698. The Morgan fingerprint density at radius 1 is 1.53 bits per heavy atom. The van der Waals surface area contributed by atoms with Crippen LogP contribution in [-0.2, 0) is 0 Å². The summed E-state index contributed by atoms with van der Waals surface area (Å²) in [6.45, 7) is 1.93. The van der Waals surface area contributed by atoms with Crippen molar-refractivity contribution in [3.63, 3.8) is 0 Å². The molecule has 1 aliphatic carbocycles. The highest BCUT2D eigenvalue weighted by Crippen LogP contribution is 2.35. The van der Waals surface area contributed by atoms with E-state index in [4.69, 9.17) is 0 Å². The van der Waals surface area contributed by atoms with Crippen molar-refractivity contribution in [2.24, 2.45) is 0 Å². The van der Waals surface area contributed by atoms with Gasteiger partial charge in [0.05, 0.1) is 5.56 Å². The van der Waals surface area contributed by atoms with E-state index in [2.05, 4.69) is 4.98 Å². The van der Waals surface area contributed by atoms with Crippen molar-refractivity contribution in [3.05, 3.63) is 29.6 Å². The molecule has 0 amide bonds. The molecule has 3 rings (SSSR count). The third-order valence-corrected chi connectivity index (χ3v) is 3.50. The Morgan fingerprint density at radius 3 is 2.88 bits per heavy atom. The van der Waals surface area contributed by atoms with E-state index in [9.17, 15) is 9.90 Å². The molecule has 0 saturated heterocycles. The number of aromatic carboxylic acids is 1. The zero-order valence-electron chi connectivity index (χ0n) is 9.68. The molecular weight excluding hydrogens is 216 g/mol. The van der Waals surface area contributed by atoms with Crippen LogP contribution in [0.4, 0.5) is 0 Å². The Morgan fingerprint density at radius 2 is 2.29 bits per heavy atom. The number of rotatable bonds is 2. The van der Waals surface area contributed by atoms with Gasteiger partial charge in [-0.05, 0) is 37.8 Å². The van der Waals surface area contributed by atoms with Gasteiger partial charge in [-0.2, -0.15) is 0 Å². The van der Waals surface area contributed by atoms with Crippen LogP contribution in [0, 0.1) is 6.92 Å². The zero-order valence-corrected chi connectivity index (χ0v) is 9.68. The Hall–Kier alpha value is -1.84. The first kappa shape index (κ1) is 10.3. The fourth-order valence-corrected chi connectivity index (χ4v) is 2.35. The molecule has 0 bridgehead atoms. The summed E-state index contributed by atoms with van der Waals surface area (Å²) >= 11 is 0. The number of aryl methyl sites for hydroxylation is 1. The summed E-state index contributed by atoms with van der Waals surface area (Å²) in [5.74, 6) is -0.875. The van der Waals surface area contributed by atoms with Crippen molar-refractivity contribution < 1.29 is 9.90 Å². The zero-order chi connectivity index (χ0) is 12.0. The molecule has 0 spiro atoms. The summed E-state index contributed by atoms with van der Waals surface area (Å²) in [4.78, 5) is 15.6. The van der Waals surface area contributed by atoms with Gasteiger partial charge in [0.1, 0.15) is 5.65 Å². The Balaban J connectivity index is 2.26. The molecule has 1 fully saturated rings. The highest BCUT2D eigenvalue weighted by Gasteiger charge is 2.24. The van der Waals surface area contributed by atoms with Crippen molar-refractivity contribution in [1.29, 1.82) is 0 Å². The van der Waals surface area contributed by atoms with Gasteiger partial charge in [-0.1, -0.05) is 0 Å². The van der Waals surface area contributed by atoms with Crippen molar-refractivity contribution in [2.75, 3.05) is 0 Å². The van der Waals surface area contributed by atoms with Crippen LogP contribution in [0.1, 0.15) is 41.2 Å². The maximum atomic E-state index is 11.2. The molecule has 2 aromatic rings. The minimum Gasteiger partial charge on any atom is -0.478 e. The van der Waals surface area contributed by atoms with Crippen LogP contribution in [-0.4, -0.2) is 20.6 Å². The first-order valence-corrected chi connectivity index (χ1v) is 5.87. The molecule has 88 valence electrons. The molecule has 1 aliphatic rings. The van der Waals surface area contributed by atoms with Crippen LogP contribution in [0.5, 0.6) is 0 Å². The van der Waals surface area contributed by atoms with Crippen LogP contribution in [0.25, 0.3) is 11.0 Å². The maximum absolute atomic E-state index is 11.2. The maximum Gasteiger partial charge on any atom is 0.337 e. The molecule has 4 heteroatoms. The first-order valence-electron chi connectivity index (χ1n) is 5.87. The summed E-state index contributed by atoms with van der Waals surface area (Å²) in [6, 6.07) is 2.34. The van der Waals surface area contributed by atoms with E-state index in [-0.39, 0.29) is 0 Å². The highest BCUT2D eigenvalue weighted by molar-refractivity contribution is 6.02. The van der Waals surface area contributed by atoms with E-state index < -0.39 is 5.97 Å². The highest BCUT2D eigenvalue weighted by atomic mass is 16.4. The summed E-state index contributed by atoms with van der Waals surface area (Å²) in [5, 5.41) is 9.97. The molecular formula is C13H14N2O2. The van der Waals surface area contributed by atoms with Gasteiger partial charge in [-0.25, -0.2) is 9.78 Å². The minimum absolute atomic E-state index is 0.364. The van der Waals surface area contributed by atoms with Gasteiger partial charge in [-0.15, -0.1) is 0 Å². The van der Waals surface area contributed by atoms with Crippen molar-refractivity contribution >= 4 is 17.0 Å². The molecule has 0 unspecified atom stereocenters. The number of pyridine rings is 1. The Labute approximate surface area is 98.9 Å². The summed E-state index contributed by atoms with van der Waals surface area (Å²) in [5.41, 5.74) is 2.16. The van der Waals surface area contributed by atoms with Crippen LogP contribution in [0.2, 0.25) is 0 Å². The normalized spacial score (nSPS) is 16.1. The van der Waals surface area contributed by atoms with Crippen molar-refractivity contribution in [3.8, 4) is 0 Å². The van der Waals surface area contributed by atoms with Gasteiger partial charge >= 0.3 is 5.97 Å². The average Bonchev–Trinajstić information content (AvgIpc) is 2.54. The third-order valence-electron chi connectivity index (χ3n) is 3.50. The monoisotopic (exact) mass is 230 g/mol. The number of fused-ring (bicyclic) bond motifs is 1. The third kappa shape index (κ3) is 1.52. The van der Waals surface area contributed by atoms with Crippen molar-refractivity contribution in [1.82, 2.24) is 9.55 Å². The van der Waals surface area contributed by atoms with Gasteiger partial charge in [-0.3, -0.25) is 0 Å². The lowest BCUT2D eigenvalue weighted by Crippen LogP contribution is -2.16. The fourth-order valence-electron chi connectivity index (χ4n) is 2.35. The summed E-state index contributed by atoms with van der Waals surface area (Å²) in [6.07, 6.45) is 7.00. The van der Waals surface area contributed by atoms with E-state index in [0.717, 1.165) is 29.4 Å². The second-order valence-electron chi connectivity index (χ2n) is 4.72. The molecule has 1 N–H and O–H groups in total. The number of hydrogen-bond donors (Lipinski definition) is 1. The number of nitrogens with zero attached hydrogens (tertiary/aromatic N) is 2. The van der Waals surface area contributed by atoms with E-state index in [0.29, 0.717) is 11.6 Å². The van der Waals surface area contributed by atoms with E-state index in [1.807, 2.05) is 17.6 Å².